The van der Waals surface area contributed by atoms with Crippen LogP contribution in [0.1, 0.15) is 38.5 Å². The predicted octanol–water partition coefficient (Wildman–Crippen LogP) is 0.623. The summed E-state index contributed by atoms with van der Waals surface area (Å²) in [6, 6.07) is 3.18. The lowest BCUT2D eigenvalue weighted by atomic mass is 10.0. The van der Waals surface area contributed by atoms with Gasteiger partial charge in [-0.05, 0) is 32.2 Å². The normalized spacial score (nSPS) is 23.1. The van der Waals surface area contributed by atoms with E-state index in [1.165, 1.54) is 32.1 Å². The molecular weight excluding hydrogens is 240 g/mol. The van der Waals surface area contributed by atoms with Crippen LogP contribution in [0.5, 0.6) is 0 Å². The second-order valence-corrected chi connectivity index (χ2v) is 5.57. The van der Waals surface area contributed by atoms with E-state index in [1.807, 2.05) is 6.07 Å². The maximum Gasteiger partial charge on any atom is 0.234 e. The van der Waals surface area contributed by atoms with Crippen LogP contribution in [0.25, 0.3) is 0 Å². The molecular formula is C14H24N4O. The zero-order chi connectivity index (χ0) is 13.5. The smallest absolute Gasteiger partial charge is 0.234 e. The van der Waals surface area contributed by atoms with Crippen molar-refractivity contribution in [2.24, 2.45) is 0 Å². The molecule has 2 fully saturated rings. The number of nitriles is 1. The van der Waals surface area contributed by atoms with E-state index in [9.17, 15) is 4.79 Å². The van der Waals surface area contributed by atoms with Crippen molar-refractivity contribution in [2.75, 3.05) is 26.2 Å². The van der Waals surface area contributed by atoms with Crippen LogP contribution in [0, 0.1) is 11.3 Å². The average Bonchev–Trinajstić information content (AvgIpc) is 3.24. The SMILES string of the molecule is N#CCCNC(=O)CN(CC1CCCCN1)C1CC1. The van der Waals surface area contributed by atoms with Gasteiger partial charge in [-0.3, -0.25) is 9.69 Å². The monoisotopic (exact) mass is 264 g/mol. The number of rotatable bonds is 7. The minimum atomic E-state index is 0.0537. The molecule has 2 rings (SSSR count). The molecule has 1 atom stereocenters. The highest BCUT2D eigenvalue weighted by molar-refractivity contribution is 5.78. The topological polar surface area (TPSA) is 68.2 Å². The zero-order valence-electron chi connectivity index (χ0n) is 11.5. The number of piperidine rings is 1. The maximum atomic E-state index is 11.8. The number of hydrogen-bond donors (Lipinski definition) is 2. The Bertz CT molecular complexity index is 329. The zero-order valence-corrected chi connectivity index (χ0v) is 11.5. The first-order valence-corrected chi connectivity index (χ1v) is 7.40. The van der Waals surface area contributed by atoms with Crippen LogP contribution in [0.4, 0.5) is 0 Å². The molecule has 5 nitrogen and oxygen atoms in total. The van der Waals surface area contributed by atoms with Gasteiger partial charge >= 0.3 is 0 Å². The molecule has 1 aliphatic heterocycles. The van der Waals surface area contributed by atoms with Gasteiger partial charge in [-0.2, -0.15) is 5.26 Å². The van der Waals surface area contributed by atoms with E-state index in [-0.39, 0.29) is 5.91 Å². The molecule has 0 aromatic heterocycles. The van der Waals surface area contributed by atoms with Gasteiger partial charge < -0.3 is 10.6 Å². The summed E-state index contributed by atoms with van der Waals surface area (Å²) in [4.78, 5) is 14.1. The molecule has 1 amide bonds. The summed E-state index contributed by atoms with van der Waals surface area (Å²) >= 11 is 0. The van der Waals surface area contributed by atoms with Crippen LogP contribution in [0.2, 0.25) is 0 Å². The van der Waals surface area contributed by atoms with Gasteiger partial charge in [0.1, 0.15) is 0 Å². The van der Waals surface area contributed by atoms with Gasteiger partial charge in [0.05, 0.1) is 19.0 Å². The fraction of sp³-hybridized carbons (Fsp3) is 0.857. The van der Waals surface area contributed by atoms with E-state index in [0.29, 0.717) is 31.6 Å². The molecule has 0 spiro atoms. The second kappa shape index (κ2) is 7.46. The summed E-state index contributed by atoms with van der Waals surface area (Å²) in [6.07, 6.45) is 6.62. The van der Waals surface area contributed by atoms with E-state index in [0.717, 1.165) is 13.1 Å². The van der Waals surface area contributed by atoms with Gasteiger partial charge in [0.15, 0.2) is 0 Å². The lowest BCUT2D eigenvalue weighted by molar-refractivity contribution is -0.122. The summed E-state index contributed by atoms with van der Waals surface area (Å²) in [5, 5.41) is 14.8. The predicted molar refractivity (Wildman–Crippen MR) is 73.5 cm³/mol. The highest BCUT2D eigenvalue weighted by atomic mass is 16.2. The van der Waals surface area contributed by atoms with Crippen molar-refractivity contribution in [3.05, 3.63) is 0 Å². The lowest BCUT2D eigenvalue weighted by Gasteiger charge is -2.30. The summed E-state index contributed by atoms with van der Waals surface area (Å²) in [5.41, 5.74) is 0. The lowest BCUT2D eigenvalue weighted by Crippen LogP contribution is -2.47. The molecule has 1 saturated heterocycles. The van der Waals surface area contributed by atoms with Crippen molar-refractivity contribution >= 4 is 5.91 Å². The molecule has 5 heteroatoms. The Hall–Kier alpha value is -1.12. The number of hydrogen-bond acceptors (Lipinski definition) is 4. The third-order valence-corrected chi connectivity index (χ3v) is 3.84. The first kappa shape index (κ1) is 14.3. The number of nitrogens with one attached hydrogen (secondary N) is 2. The van der Waals surface area contributed by atoms with Crippen LogP contribution in [0.15, 0.2) is 0 Å². The van der Waals surface area contributed by atoms with E-state index in [4.69, 9.17) is 5.26 Å². The average molecular weight is 264 g/mol. The quantitative estimate of drug-likeness (QED) is 0.662. The van der Waals surface area contributed by atoms with Crippen molar-refractivity contribution < 1.29 is 4.79 Å². The van der Waals surface area contributed by atoms with Crippen LogP contribution in [0.3, 0.4) is 0 Å². The van der Waals surface area contributed by atoms with Gasteiger partial charge in [0.2, 0.25) is 5.91 Å². The number of carbonyl (C=O) groups is 1. The summed E-state index contributed by atoms with van der Waals surface area (Å²) in [7, 11) is 0. The summed E-state index contributed by atoms with van der Waals surface area (Å²) < 4.78 is 0. The molecule has 106 valence electrons. The van der Waals surface area contributed by atoms with Gasteiger partial charge in [-0.15, -0.1) is 0 Å². The fourth-order valence-electron chi connectivity index (χ4n) is 2.64. The van der Waals surface area contributed by atoms with Gasteiger partial charge in [0.25, 0.3) is 0 Å². The van der Waals surface area contributed by atoms with E-state index in [1.54, 1.807) is 0 Å². The van der Waals surface area contributed by atoms with Crippen molar-refractivity contribution in [1.29, 1.82) is 5.26 Å². The van der Waals surface area contributed by atoms with Crippen molar-refractivity contribution in [1.82, 2.24) is 15.5 Å². The fourth-order valence-corrected chi connectivity index (χ4v) is 2.64. The summed E-state index contributed by atoms with van der Waals surface area (Å²) in [5.74, 6) is 0.0537. The second-order valence-electron chi connectivity index (χ2n) is 5.57. The minimum absolute atomic E-state index is 0.0537. The van der Waals surface area contributed by atoms with Gasteiger partial charge in [-0.25, -0.2) is 0 Å². The molecule has 1 saturated carbocycles. The molecule has 0 bridgehead atoms. The van der Waals surface area contributed by atoms with Crippen LogP contribution in [-0.4, -0.2) is 49.1 Å². The number of amides is 1. The number of nitrogens with zero attached hydrogens (tertiary/aromatic N) is 2. The van der Waals surface area contributed by atoms with Crippen molar-refractivity contribution in [3.63, 3.8) is 0 Å². The Morgan fingerprint density at radius 1 is 1.37 bits per heavy atom. The van der Waals surface area contributed by atoms with Crippen LogP contribution in [-0.2, 0) is 4.79 Å². The first-order valence-electron chi connectivity index (χ1n) is 7.40. The number of carbonyl (C=O) groups excluding carboxylic acids is 1. The molecule has 1 heterocycles. The van der Waals surface area contributed by atoms with Crippen molar-refractivity contribution in [2.45, 2.75) is 50.6 Å². The standard InChI is InChI=1S/C14H24N4O/c15-7-3-9-17-14(19)11-18(13-5-6-13)10-12-4-1-2-8-16-12/h12-13,16H,1-6,8-11H2,(H,17,19). The van der Waals surface area contributed by atoms with Crippen LogP contribution >= 0.6 is 0 Å². The molecule has 1 unspecified atom stereocenters. The highest BCUT2D eigenvalue weighted by Gasteiger charge is 2.31. The Morgan fingerprint density at radius 2 is 2.21 bits per heavy atom. The Labute approximate surface area is 115 Å². The van der Waals surface area contributed by atoms with E-state index < -0.39 is 0 Å². The van der Waals surface area contributed by atoms with Crippen LogP contribution < -0.4 is 10.6 Å². The first-order chi connectivity index (χ1) is 9.29. The maximum absolute atomic E-state index is 11.8. The third kappa shape index (κ3) is 5.17. The van der Waals surface area contributed by atoms with E-state index in [2.05, 4.69) is 15.5 Å². The molecule has 0 aromatic rings. The summed E-state index contributed by atoms with van der Waals surface area (Å²) in [6.45, 7) is 3.04. The molecule has 1 aliphatic carbocycles. The molecule has 2 N–H and O–H groups in total. The molecule has 2 aliphatic rings. The van der Waals surface area contributed by atoms with E-state index >= 15 is 0 Å². The molecule has 19 heavy (non-hydrogen) atoms. The molecule has 0 radical (unpaired) electrons. The van der Waals surface area contributed by atoms with Crippen molar-refractivity contribution in [3.8, 4) is 6.07 Å². The third-order valence-electron chi connectivity index (χ3n) is 3.84. The molecule has 0 aromatic carbocycles. The van der Waals surface area contributed by atoms with Gasteiger partial charge in [0, 0.05) is 25.2 Å². The largest absolute Gasteiger partial charge is 0.354 e. The Balaban J connectivity index is 1.72. The highest BCUT2D eigenvalue weighted by Crippen LogP contribution is 2.27. The Kier molecular flexibility index (Phi) is 5.62. The minimum Gasteiger partial charge on any atom is -0.354 e. The Morgan fingerprint density at radius 3 is 2.84 bits per heavy atom. The van der Waals surface area contributed by atoms with Gasteiger partial charge in [-0.1, -0.05) is 6.42 Å².